The quantitative estimate of drug-likeness (QED) is 0.713. The van der Waals surface area contributed by atoms with Gasteiger partial charge in [0.1, 0.15) is 11.6 Å². The first-order chi connectivity index (χ1) is 13.0. The average Bonchev–Trinajstić information content (AvgIpc) is 2.67. The molecule has 4 nitrogen and oxygen atoms in total. The summed E-state index contributed by atoms with van der Waals surface area (Å²) in [7, 11) is 0. The Labute approximate surface area is 154 Å². The number of amides is 2. The summed E-state index contributed by atoms with van der Waals surface area (Å²) in [5.74, 6) is -1.63. The Morgan fingerprint density at radius 3 is 2.11 bits per heavy atom. The third-order valence-corrected chi connectivity index (χ3v) is 3.89. The van der Waals surface area contributed by atoms with Gasteiger partial charge in [-0.25, -0.2) is 8.78 Å². The number of rotatable bonds is 5. The number of hydrogen-bond acceptors (Lipinski definition) is 2. The topological polar surface area (TPSA) is 58.2 Å². The van der Waals surface area contributed by atoms with Crippen molar-refractivity contribution in [1.82, 2.24) is 5.32 Å². The molecule has 0 bridgehead atoms. The van der Waals surface area contributed by atoms with Crippen molar-refractivity contribution in [2.75, 3.05) is 5.32 Å². The maximum absolute atomic E-state index is 13.6. The molecule has 0 aliphatic rings. The Kier molecular flexibility index (Phi) is 5.56. The third kappa shape index (κ3) is 4.76. The number of anilines is 1. The lowest BCUT2D eigenvalue weighted by Crippen LogP contribution is -2.23. The number of hydrogen-bond donors (Lipinski definition) is 2. The Bertz CT molecular complexity index is 972. The molecule has 3 aromatic rings. The molecule has 136 valence electrons. The summed E-state index contributed by atoms with van der Waals surface area (Å²) in [4.78, 5) is 24.3. The maximum Gasteiger partial charge on any atom is 0.255 e. The predicted molar refractivity (Wildman–Crippen MR) is 98.4 cm³/mol. The van der Waals surface area contributed by atoms with Crippen molar-refractivity contribution in [2.45, 2.75) is 6.54 Å². The minimum atomic E-state index is -0.449. The van der Waals surface area contributed by atoms with Crippen LogP contribution in [0.2, 0.25) is 0 Å². The monoisotopic (exact) mass is 366 g/mol. The number of carbonyl (C=O) groups is 2. The molecule has 0 heterocycles. The normalized spacial score (nSPS) is 10.3. The van der Waals surface area contributed by atoms with Crippen LogP contribution < -0.4 is 10.6 Å². The molecule has 3 rings (SSSR count). The van der Waals surface area contributed by atoms with Crippen LogP contribution in [0.25, 0.3) is 0 Å². The third-order valence-electron chi connectivity index (χ3n) is 3.89. The standard InChI is InChI=1S/C21H16F2N2O2/c22-17-5-3-6-18(12-17)25-21(27)15-10-8-14(9-11-15)20(26)24-13-16-4-1-2-7-19(16)23/h1-12H,13H2,(H,24,26)(H,25,27). The van der Waals surface area contributed by atoms with E-state index in [2.05, 4.69) is 10.6 Å². The van der Waals surface area contributed by atoms with E-state index in [1.54, 1.807) is 24.3 Å². The highest BCUT2D eigenvalue weighted by atomic mass is 19.1. The van der Waals surface area contributed by atoms with Crippen molar-refractivity contribution in [3.8, 4) is 0 Å². The fourth-order valence-electron chi connectivity index (χ4n) is 2.46. The Morgan fingerprint density at radius 1 is 0.778 bits per heavy atom. The zero-order chi connectivity index (χ0) is 19.2. The minimum Gasteiger partial charge on any atom is -0.348 e. The molecule has 0 spiro atoms. The molecule has 2 amide bonds. The largest absolute Gasteiger partial charge is 0.348 e. The van der Waals surface area contributed by atoms with E-state index >= 15 is 0 Å². The van der Waals surface area contributed by atoms with Gasteiger partial charge < -0.3 is 10.6 Å². The van der Waals surface area contributed by atoms with Crippen molar-refractivity contribution < 1.29 is 18.4 Å². The minimum absolute atomic E-state index is 0.0628. The van der Waals surface area contributed by atoms with Crippen LogP contribution in [0.3, 0.4) is 0 Å². The summed E-state index contributed by atoms with van der Waals surface area (Å²) in [6.45, 7) is 0.0628. The van der Waals surface area contributed by atoms with E-state index in [1.807, 2.05) is 0 Å². The molecule has 0 aliphatic carbocycles. The van der Waals surface area contributed by atoms with Gasteiger partial charge in [-0.2, -0.15) is 0 Å². The van der Waals surface area contributed by atoms with Gasteiger partial charge in [0.05, 0.1) is 0 Å². The van der Waals surface area contributed by atoms with Crippen LogP contribution in [-0.4, -0.2) is 11.8 Å². The number of carbonyl (C=O) groups excluding carboxylic acids is 2. The fraction of sp³-hybridized carbons (Fsp3) is 0.0476. The predicted octanol–water partition coefficient (Wildman–Crippen LogP) is 4.15. The lowest BCUT2D eigenvalue weighted by Gasteiger charge is -2.08. The van der Waals surface area contributed by atoms with Gasteiger partial charge in [-0.05, 0) is 48.5 Å². The molecule has 0 aliphatic heterocycles. The van der Waals surface area contributed by atoms with Crippen LogP contribution in [0.1, 0.15) is 26.3 Å². The van der Waals surface area contributed by atoms with Gasteiger partial charge in [-0.1, -0.05) is 24.3 Å². The SMILES string of the molecule is O=C(NCc1ccccc1F)c1ccc(C(=O)Nc2cccc(F)c2)cc1. The molecule has 0 atom stereocenters. The van der Waals surface area contributed by atoms with E-state index in [1.165, 1.54) is 48.5 Å². The van der Waals surface area contributed by atoms with Crippen LogP contribution in [0, 0.1) is 11.6 Å². The van der Waals surface area contributed by atoms with Gasteiger partial charge >= 0.3 is 0 Å². The van der Waals surface area contributed by atoms with E-state index in [0.717, 1.165) is 0 Å². The summed E-state index contributed by atoms with van der Waals surface area (Å²) in [6, 6.07) is 17.7. The molecular weight excluding hydrogens is 350 g/mol. The van der Waals surface area contributed by atoms with Crippen LogP contribution in [0.5, 0.6) is 0 Å². The highest BCUT2D eigenvalue weighted by molar-refractivity contribution is 6.05. The molecule has 0 unspecified atom stereocenters. The summed E-state index contributed by atoms with van der Waals surface area (Å²) in [6.07, 6.45) is 0. The summed E-state index contributed by atoms with van der Waals surface area (Å²) < 4.78 is 26.7. The number of benzene rings is 3. The van der Waals surface area contributed by atoms with Crippen molar-refractivity contribution in [2.24, 2.45) is 0 Å². The summed E-state index contributed by atoms with van der Waals surface area (Å²) in [5.41, 5.74) is 1.39. The number of nitrogens with one attached hydrogen (secondary N) is 2. The van der Waals surface area contributed by atoms with Crippen LogP contribution in [0.15, 0.2) is 72.8 Å². The highest BCUT2D eigenvalue weighted by Gasteiger charge is 2.10. The van der Waals surface area contributed by atoms with E-state index in [9.17, 15) is 18.4 Å². The Hall–Kier alpha value is -3.54. The van der Waals surface area contributed by atoms with Gasteiger partial charge in [0, 0.05) is 28.9 Å². The van der Waals surface area contributed by atoms with E-state index in [-0.39, 0.29) is 18.3 Å². The zero-order valence-electron chi connectivity index (χ0n) is 14.2. The average molecular weight is 366 g/mol. The molecule has 0 aromatic heterocycles. The first kappa shape index (κ1) is 18.3. The summed E-state index contributed by atoms with van der Waals surface area (Å²) >= 11 is 0. The summed E-state index contributed by atoms with van der Waals surface area (Å²) in [5, 5.41) is 5.21. The van der Waals surface area contributed by atoms with E-state index in [4.69, 9.17) is 0 Å². The highest BCUT2D eigenvalue weighted by Crippen LogP contribution is 2.12. The van der Waals surface area contributed by atoms with Crippen molar-refractivity contribution in [3.05, 3.63) is 101 Å². The van der Waals surface area contributed by atoms with Crippen molar-refractivity contribution in [3.63, 3.8) is 0 Å². The smallest absolute Gasteiger partial charge is 0.255 e. The lowest BCUT2D eigenvalue weighted by molar-refractivity contribution is 0.0948. The Morgan fingerprint density at radius 2 is 1.44 bits per heavy atom. The second-order valence-electron chi connectivity index (χ2n) is 5.82. The molecule has 6 heteroatoms. The lowest BCUT2D eigenvalue weighted by atomic mass is 10.1. The van der Waals surface area contributed by atoms with Gasteiger partial charge in [0.2, 0.25) is 0 Å². The molecule has 3 aromatic carbocycles. The zero-order valence-corrected chi connectivity index (χ0v) is 14.2. The fourth-order valence-corrected chi connectivity index (χ4v) is 2.46. The van der Waals surface area contributed by atoms with Crippen molar-refractivity contribution in [1.29, 1.82) is 0 Å². The molecular formula is C21H16F2N2O2. The molecule has 0 radical (unpaired) electrons. The Balaban J connectivity index is 1.61. The molecule has 0 saturated carbocycles. The first-order valence-corrected chi connectivity index (χ1v) is 8.21. The van der Waals surface area contributed by atoms with E-state index < -0.39 is 11.7 Å². The molecule has 0 saturated heterocycles. The second kappa shape index (κ2) is 8.23. The van der Waals surface area contributed by atoms with E-state index in [0.29, 0.717) is 22.4 Å². The number of halogens is 2. The first-order valence-electron chi connectivity index (χ1n) is 8.21. The second-order valence-corrected chi connectivity index (χ2v) is 5.82. The molecule has 2 N–H and O–H groups in total. The van der Waals surface area contributed by atoms with Crippen molar-refractivity contribution >= 4 is 17.5 Å². The van der Waals surface area contributed by atoms with Gasteiger partial charge in [-0.3, -0.25) is 9.59 Å². The van der Waals surface area contributed by atoms with Gasteiger partial charge in [0.15, 0.2) is 0 Å². The van der Waals surface area contributed by atoms with Crippen LogP contribution >= 0.6 is 0 Å². The molecule has 27 heavy (non-hydrogen) atoms. The maximum atomic E-state index is 13.6. The van der Waals surface area contributed by atoms with Crippen LogP contribution in [-0.2, 0) is 6.54 Å². The van der Waals surface area contributed by atoms with Gasteiger partial charge in [-0.15, -0.1) is 0 Å². The molecule has 0 fully saturated rings. The van der Waals surface area contributed by atoms with Gasteiger partial charge in [0.25, 0.3) is 11.8 Å². The van der Waals surface area contributed by atoms with Crippen LogP contribution in [0.4, 0.5) is 14.5 Å².